The van der Waals surface area contributed by atoms with Crippen molar-refractivity contribution in [2.75, 3.05) is 6.26 Å². The van der Waals surface area contributed by atoms with Gasteiger partial charge in [-0.1, -0.05) is 25.0 Å². The summed E-state index contributed by atoms with van der Waals surface area (Å²) in [6, 6.07) is 11.5. The molecule has 3 heteroatoms. The number of hydrogen-bond donors (Lipinski definition) is 1. The van der Waals surface area contributed by atoms with Crippen molar-refractivity contribution in [3.8, 4) is 0 Å². The average molecular weight is 300 g/mol. The Labute approximate surface area is 131 Å². The minimum absolute atomic E-state index is 0.667. The number of aryl methyl sites for hydroxylation is 1. The maximum Gasteiger partial charge on any atom is 0.0705 e. The van der Waals surface area contributed by atoms with E-state index < -0.39 is 0 Å². The zero-order valence-electron chi connectivity index (χ0n) is 12.9. The Kier molecular flexibility index (Phi) is 4.81. The van der Waals surface area contributed by atoms with Crippen molar-refractivity contribution in [2.45, 2.75) is 50.4 Å². The second-order valence-electron chi connectivity index (χ2n) is 6.03. The highest BCUT2D eigenvalue weighted by atomic mass is 32.2. The third-order valence-corrected chi connectivity index (χ3v) is 5.64. The van der Waals surface area contributed by atoms with E-state index in [-0.39, 0.29) is 0 Å². The molecule has 1 aliphatic rings. The molecule has 2 nitrogen and oxygen atoms in total. The molecule has 0 aliphatic heterocycles. The number of pyridine rings is 1. The van der Waals surface area contributed by atoms with Crippen LogP contribution in [0, 0.1) is 6.92 Å². The van der Waals surface area contributed by atoms with Gasteiger partial charge in [-0.05, 0) is 49.8 Å². The van der Waals surface area contributed by atoms with Crippen LogP contribution in [0.4, 0.5) is 0 Å². The molecule has 0 radical (unpaired) electrons. The first-order chi connectivity index (χ1) is 10.3. The summed E-state index contributed by atoms with van der Waals surface area (Å²) in [4.78, 5) is 4.57. The maximum absolute atomic E-state index is 4.57. The van der Waals surface area contributed by atoms with Crippen molar-refractivity contribution in [2.24, 2.45) is 0 Å². The van der Waals surface area contributed by atoms with E-state index in [0.717, 1.165) is 23.0 Å². The molecule has 0 amide bonds. The number of benzene rings is 1. The SMILES string of the molecule is CSC1CCCCC1NCc1ccc2nc(C)ccc2c1. The van der Waals surface area contributed by atoms with E-state index in [1.54, 1.807) is 0 Å². The summed E-state index contributed by atoms with van der Waals surface area (Å²) in [6.45, 7) is 3.01. The molecule has 2 aromatic rings. The fourth-order valence-electron chi connectivity index (χ4n) is 3.25. The van der Waals surface area contributed by atoms with Crippen LogP contribution < -0.4 is 5.32 Å². The molecule has 2 atom stereocenters. The van der Waals surface area contributed by atoms with Gasteiger partial charge in [-0.3, -0.25) is 4.98 Å². The first-order valence-electron chi connectivity index (χ1n) is 7.89. The van der Waals surface area contributed by atoms with Crippen molar-refractivity contribution >= 4 is 22.7 Å². The Morgan fingerprint density at radius 2 is 2.05 bits per heavy atom. The molecule has 0 spiro atoms. The van der Waals surface area contributed by atoms with Crippen LogP contribution in [0.2, 0.25) is 0 Å². The lowest BCUT2D eigenvalue weighted by molar-refractivity contribution is 0.383. The molecule has 1 saturated carbocycles. The van der Waals surface area contributed by atoms with Crippen molar-refractivity contribution in [3.63, 3.8) is 0 Å². The van der Waals surface area contributed by atoms with Gasteiger partial charge < -0.3 is 5.32 Å². The number of nitrogens with one attached hydrogen (secondary N) is 1. The minimum atomic E-state index is 0.667. The first kappa shape index (κ1) is 14.9. The summed E-state index contributed by atoms with van der Waals surface area (Å²) < 4.78 is 0. The van der Waals surface area contributed by atoms with Crippen molar-refractivity contribution in [1.82, 2.24) is 10.3 Å². The average Bonchev–Trinajstić information content (AvgIpc) is 2.53. The number of hydrogen-bond acceptors (Lipinski definition) is 3. The van der Waals surface area contributed by atoms with Crippen LogP contribution in [0.1, 0.15) is 36.9 Å². The predicted molar refractivity (Wildman–Crippen MR) is 92.9 cm³/mol. The maximum atomic E-state index is 4.57. The number of fused-ring (bicyclic) bond motifs is 1. The van der Waals surface area contributed by atoms with E-state index in [1.807, 2.05) is 18.7 Å². The summed E-state index contributed by atoms with van der Waals surface area (Å²) >= 11 is 2.02. The standard InChI is InChI=1S/C18H24N2S/c1-13-7-9-15-11-14(8-10-16(15)20-13)12-19-17-5-3-4-6-18(17)21-2/h7-11,17-19H,3-6,12H2,1-2H3. The van der Waals surface area contributed by atoms with E-state index in [4.69, 9.17) is 0 Å². The predicted octanol–water partition coefficient (Wildman–Crippen LogP) is 4.31. The van der Waals surface area contributed by atoms with Crippen molar-refractivity contribution < 1.29 is 0 Å². The fraction of sp³-hybridized carbons (Fsp3) is 0.500. The smallest absolute Gasteiger partial charge is 0.0705 e. The second kappa shape index (κ2) is 6.80. The summed E-state index contributed by atoms with van der Waals surface area (Å²) in [6.07, 6.45) is 7.69. The summed E-state index contributed by atoms with van der Waals surface area (Å²) in [7, 11) is 0. The molecule has 1 N–H and O–H groups in total. The lowest BCUT2D eigenvalue weighted by Gasteiger charge is -2.31. The Balaban J connectivity index is 1.68. The van der Waals surface area contributed by atoms with E-state index >= 15 is 0 Å². The van der Waals surface area contributed by atoms with Gasteiger partial charge in [-0.25, -0.2) is 0 Å². The molecule has 112 valence electrons. The van der Waals surface area contributed by atoms with Gasteiger partial charge >= 0.3 is 0 Å². The third-order valence-electron chi connectivity index (χ3n) is 4.47. The van der Waals surface area contributed by atoms with Gasteiger partial charge in [-0.2, -0.15) is 11.8 Å². The number of nitrogens with zero attached hydrogens (tertiary/aromatic N) is 1. The van der Waals surface area contributed by atoms with Crippen molar-refractivity contribution in [1.29, 1.82) is 0 Å². The quantitative estimate of drug-likeness (QED) is 0.911. The lowest BCUT2D eigenvalue weighted by atomic mass is 9.94. The Hall–Kier alpha value is -1.06. The number of thioether (sulfide) groups is 1. The lowest BCUT2D eigenvalue weighted by Crippen LogP contribution is -2.39. The zero-order valence-corrected chi connectivity index (χ0v) is 13.7. The van der Waals surface area contributed by atoms with Gasteiger partial charge in [-0.15, -0.1) is 0 Å². The van der Waals surface area contributed by atoms with Crippen LogP contribution in [0.5, 0.6) is 0 Å². The molecule has 0 saturated heterocycles. The largest absolute Gasteiger partial charge is 0.309 e. The molecular weight excluding hydrogens is 276 g/mol. The van der Waals surface area contributed by atoms with E-state index in [0.29, 0.717) is 6.04 Å². The minimum Gasteiger partial charge on any atom is -0.309 e. The summed E-state index contributed by atoms with van der Waals surface area (Å²) in [5.41, 5.74) is 3.54. The van der Waals surface area contributed by atoms with Crippen LogP contribution >= 0.6 is 11.8 Å². The molecule has 3 rings (SSSR count). The monoisotopic (exact) mass is 300 g/mol. The third kappa shape index (κ3) is 3.58. The van der Waals surface area contributed by atoms with Crippen LogP contribution in [0.15, 0.2) is 30.3 Å². The number of rotatable bonds is 4. The molecule has 1 aliphatic carbocycles. The molecule has 1 aromatic carbocycles. The van der Waals surface area contributed by atoms with Gasteiger partial charge in [0.25, 0.3) is 0 Å². The molecule has 1 aromatic heterocycles. The van der Waals surface area contributed by atoms with Gasteiger partial charge in [0.05, 0.1) is 5.52 Å². The molecule has 1 fully saturated rings. The highest BCUT2D eigenvalue weighted by Gasteiger charge is 2.23. The Bertz CT molecular complexity index is 611. The van der Waals surface area contributed by atoms with Crippen LogP contribution in [0.3, 0.4) is 0 Å². The normalized spacial score (nSPS) is 22.6. The Morgan fingerprint density at radius 3 is 2.90 bits per heavy atom. The van der Waals surface area contributed by atoms with Crippen LogP contribution in [-0.4, -0.2) is 22.5 Å². The molecule has 1 heterocycles. The molecule has 2 unspecified atom stereocenters. The topological polar surface area (TPSA) is 24.9 Å². The fourth-order valence-corrected chi connectivity index (χ4v) is 4.21. The van der Waals surface area contributed by atoms with E-state index in [2.05, 4.69) is 46.9 Å². The second-order valence-corrected chi connectivity index (χ2v) is 7.10. The highest BCUT2D eigenvalue weighted by molar-refractivity contribution is 7.99. The van der Waals surface area contributed by atoms with Gasteiger partial charge in [0.15, 0.2) is 0 Å². The summed E-state index contributed by atoms with van der Waals surface area (Å²) in [5.74, 6) is 0. The van der Waals surface area contributed by atoms with Gasteiger partial charge in [0.1, 0.15) is 0 Å². The molecule has 0 bridgehead atoms. The van der Waals surface area contributed by atoms with E-state index in [9.17, 15) is 0 Å². The van der Waals surface area contributed by atoms with Crippen LogP contribution in [-0.2, 0) is 6.54 Å². The van der Waals surface area contributed by atoms with E-state index in [1.165, 1.54) is 36.6 Å². The number of aromatic nitrogens is 1. The van der Waals surface area contributed by atoms with Crippen LogP contribution in [0.25, 0.3) is 10.9 Å². The molecular formula is C18H24N2S. The van der Waals surface area contributed by atoms with Gasteiger partial charge in [0, 0.05) is 28.9 Å². The first-order valence-corrected chi connectivity index (χ1v) is 9.17. The summed E-state index contributed by atoms with van der Waals surface area (Å²) in [5, 5.41) is 5.80. The Morgan fingerprint density at radius 1 is 1.19 bits per heavy atom. The zero-order chi connectivity index (χ0) is 14.7. The highest BCUT2D eigenvalue weighted by Crippen LogP contribution is 2.27. The molecule has 21 heavy (non-hydrogen) atoms. The van der Waals surface area contributed by atoms with Gasteiger partial charge in [0.2, 0.25) is 0 Å². The van der Waals surface area contributed by atoms with Crippen molar-refractivity contribution in [3.05, 3.63) is 41.6 Å².